The molecule has 2 N–H and O–H groups in total. The number of carbonyl (C=O) groups is 1. The summed E-state index contributed by atoms with van der Waals surface area (Å²) in [5.41, 5.74) is 1.11. The second-order valence-electron chi connectivity index (χ2n) is 7.38. The standard InChI is InChI=1S/C19H25N3OS/c1-12(2)20-15-4-3-14-9-18(24-17(14)10-15)19(23)21-16-11-22-7-5-13(16)6-8-22/h3-4,9-10,12-13,16,20H,5-8,11H2,1-2H3,(H,21,23)/t16-/m0/s1. The van der Waals surface area contributed by atoms with Crippen molar-refractivity contribution < 1.29 is 4.79 Å². The molecule has 3 fully saturated rings. The lowest BCUT2D eigenvalue weighted by molar-refractivity contribution is 0.0622. The van der Waals surface area contributed by atoms with Gasteiger partial charge >= 0.3 is 0 Å². The number of amides is 1. The Kier molecular flexibility index (Phi) is 4.22. The Morgan fingerprint density at radius 1 is 1.25 bits per heavy atom. The summed E-state index contributed by atoms with van der Waals surface area (Å²) in [6, 6.07) is 9.08. The summed E-state index contributed by atoms with van der Waals surface area (Å²) in [5, 5.41) is 7.86. The lowest BCUT2D eigenvalue weighted by Gasteiger charge is -2.44. The minimum absolute atomic E-state index is 0.0910. The van der Waals surface area contributed by atoms with Gasteiger partial charge < -0.3 is 15.5 Å². The number of rotatable bonds is 4. The Bertz CT molecular complexity index is 746. The first-order valence-corrected chi connectivity index (χ1v) is 9.73. The van der Waals surface area contributed by atoms with E-state index < -0.39 is 0 Å². The monoisotopic (exact) mass is 343 g/mol. The summed E-state index contributed by atoms with van der Waals surface area (Å²) in [6.07, 6.45) is 2.45. The molecule has 3 saturated heterocycles. The van der Waals surface area contributed by atoms with Crippen LogP contribution in [-0.2, 0) is 0 Å². The minimum atomic E-state index is 0.0910. The van der Waals surface area contributed by atoms with Crippen LogP contribution in [0.1, 0.15) is 36.4 Å². The lowest BCUT2D eigenvalue weighted by Crippen LogP contribution is -2.57. The first-order valence-electron chi connectivity index (χ1n) is 8.92. The van der Waals surface area contributed by atoms with Crippen LogP contribution in [0.5, 0.6) is 0 Å². The van der Waals surface area contributed by atoms with E-state index in [1.54, 1.807) is 11.3 Å². The number of benzene rings is 1. The first kappa shape index (κ1) is 15.9. The molecule has 0 spiro atoms. The topological polar surface area (TPSA) is 44.4 Å². The molecule has 3 aliphatic rings. The summed E-state index contributed by atoms with van der Waals surface area (Å²) in [5.74, 6) is 0.753. The normalized spacial score (nSPS) is 26.0. The van der Waals surface area contributed by atoms with Gasteiger partial charge in [0.1, 0.15) is 0 Å². The molecule has 24 heavy (non-hydrogen) atoms. The summed E-state index contributed by atoms with van der Waals surface area (Å²) in [7, 11) is 0. The van der Waals surface area contributed by atoms with Gasteiger partial charge in [0.25, 0.3) is 5.91 Å². The minimum Gasteiger partial charge on any atom is -0.383 e. The number of nitrogens with one attached hydrogen (secondary N) is 2. The van der Waals surface area contributed by atoms with Gasteiger partial charge in [0, 0.05) is 29.0 Å². The average molecular weight is 343 g/mol. The molecule has 5 rings (SSSR count). The molecule has 4 nitrogen and oxygen atoms in total. The van der Waals surface area contributed by atoms with Crippen LogP contribution in [0.15, 0.2) is 24.3 Å². The van der Waals surface area contributed by atoms with Crippen molar-refractivity contribution in [2.75, 3.05) is 25.0 Å². The van der Waals surface area contributed by atoms with E-state index in [4.69, 9.17) is 0 Å². The fourth-order valence-electron chi connectivity index (χ4n) is 3.93. The van der Waals surface area contributed by atoms with Crippen molar-refractivity contribution in [2.24, 2.45) is 5.92 Å². The third-order valence-corrected chi connectivity index (χ3v) is 6.27. The van der Waals surface area contributed by atoms with Crippen molar-refractivity contribution in [3.63, 3.8) is 0 Å². The Morgan fingerprint density at radius 2 is 2.04 bits per heavy atom. The van der Waals surface area contributed by atoms with E-state index in [0.29, 0.717) is 18.0 Å². The lowest BCUT2D eigenvalue weighted by atomic mass is 9.84. The smallest absolute Gasteiger partial charge is 0.261 e. The number of hydrogen-bond acceptors (Lipinski definition) is 4. The molecule has 5 heteroatoms. The molecular weight excluding hydrogens is 318 g/mol. The van der Waals surface area contributed by atoms with Crippen molar-refractivity contribution in [3.8, 4) is 0 Å². The molecule has 3 aliphatic heterocycles. The molecule has 4 heterocycles. The van der Waals surface area contributed by atoms with Gasteiger partial charge in [-0.25, -0.2) is 0 Å². The number of anilines is 1. The van der Waals surface area contributed by atoms with Gasteiger partial charge in [-0.3, -0.25) is 4.79 Å². The Morgan fingerprint density at radius 3 is 2.71 bits per heavy atom. The zero-order chi connectivity index (χ0) is 16.7. The van der Waals surface area contributed by atoms with Crippen molar-refractivity contribution in [1.82, 2.24) is 10.2 Å². The van der Waals surface area contributed by atoms with Crippen LogP contribution in [0, 0.1) is 5.92 Å². The fourth-order valence-corrected chi connectivity index (χ4v) is 4.94. The molecule has 0 saturated carbocycles. The largest absolute Gasteiger partial charge is 0.383 e. The maximum Gasteiger partial charge on any atom is 0.261 e. The molecule has 128 valence electrons. The van der Waals surface area contributed by atoms with Crippen LogP contribution in [0.2, 0.25) is 0 Å². The van der Waals surface area contributed by atoms with Gasteiger partial charge in [-0.2, -0.15) is 0 Å². The quantitative estimate of drug-likeness (QED) is 0.892. The predicted octanol–water partition coefficient (Wildman–Crippen LogP) is 3.55. The van der Waals surface area contributed by atoms with Crippen LogP contribution in [0.25, 0.3) is 10.1 Å². The van der Waals surface area contributed by atoms with E-state index in [0.717, 1.165) is 22.5 Å². The van der Waals surface area contributed by atoms with E-state index in [1.807, 2.05) is 6.07 Å². The highest BCUT2D eigenvalue weighted by Gasteiger charge is 2.35. The van der Waals surface area contributed by atoms with Crippen molar-refractivity contribution >= 4 is 33.0 Å². The molecule has 1 aromatic carbocycles. The highest BCUT2D eigenvalue weighted by atomic mass is 32.1. The van der Waals surface area contributed by atoms with Gasteiger partial charge in [-0.15, -0.1) is 11.3 Å². The van der Waals surface area contributed by atoms with E-state index in [9.17, 15) is 4.79 Å². The van der Waals surface area contributed by atoms with Crippen LogP contribution < -0.4 is 10.6 Å². The first-order chi connectivity index (χ1) is 11.6. The van der Waals surface area contributed by atoms with Gasteiger partial charge in [-0.1, -0.05) is 6.07 Å². The number of piperidine rings is 3. The summed E-state index contributed by atoms with van der Waals surface area (Å²) >= 11 is 1.59. The SMILES string of the molecule is CC(C)Nc1ccc2cc(C(=O)N[C@H]3CN4CCC3CC4)sc2c1. The molecule has 0 radical (unpaired) electrons. The van der Waals surface area contributed by atoms with Crippen LogP contribution >= 0.6 is 11.3 Å². The molecule has 0 aliphatic carbocycles. The highest BCUT2D eigenvalue weighted by Crippen LogP contribution is 2.30. The van der Waals surface area contributed by atoms with Gasteiger partial charge in [0.2, 0.25) is 0 Å². The number of fused-ring (bicyclic) bond motifs is 4. The summed E-state index contributed by atoms with van der Waals surface area (Å²) < 4.78 is 1.17. The maximum atomic E-state index is 12.7. The Hall–Kier alpha value is -1.59. The Balaban J connectivity index is 1.50. The molecular formula is C19H25N3OS. The second-order valence-corrected chi connectivity index (χ2v) is 8.46. The van der Waals surface area contributed by atoms with E-state index in [2.05, 4.69) is 47.6 Å². The molecule has 2 bridgehead atoms. The average Bonchev–Trinajstić information content (AvgIpc) is 2.99. The van der Waals surface area contributed by atoms with Crippen LogP contribution in [0.4, 0.5) is 5.69 Å². The van der Waals surface area contributed by atoms with Crippen molar-refractivity contribution in [1.29, 1.82) is 0 Å². The molecule has 1 aromatic heterocycles. The highest BCUT2D eigenvalue weighted by molar-refractivity contribution is 7.20. The zero-order valence-electron chi connectivity index (χ0n) is 14.3. The fraction of sp³-hybridized carbons (Fsp3) is 0.526. The number of hydrogen-bond donors (Lipinski definition) is 2. The van der Waals surface area contributed by atoms with Gasteiger partial charge in [0.05, 0.1) is 4.88 Å². The van der Waals surface area contributed by atoms with Crippen LogP contribution in [-0.4, -0.2) is 42.5 Å². The van der Waals surface area contributed by atoms with E-state index >= 15 is 0 Å². The summed E-state index contributed by atoms with van der Waals surface area (Å²) in [6.45, 7) is 7.68. The second kappa shape index (κ2) is 6.37. The number of thiophene rings is 1. The van der Waals surface area contributed by atoms with Crippen molar-refractivity contribution in [2.45, 2.75) is 38.8 Å². The molecule has 1 atom stereocenters. The van der Waals surface area contributed by atoms with E-state index in [-0.39, 0.29) is 5.91 Å². The van der Waals surface area contributed by atoms with Crippen molar-refractivity contribution in [3.05, 3.63) is 29.1 Å². The van der Waals surface area contributed by atoms with Gasteiger partial charge in [-0.05, 0) is 69.3 Å². The Labute approximate surface area is 147 Å². The van der Waals surface area contributed by atoms with Gasteiger partial charge in [0.15, 0.2) is 0 Å². The molecule has 1 amide bonds. The zero-order valence-corrected chi connectivity index (χ0v) is 15.2. The molecule has 2 aromatic rings. The third-order valence-electron chi connectivity index (χ3n) is 5.17. The number of carbonyl (C=O) groups excluding carboxylic acids is 1. The van der Waals surface area contributed by atoms with Crippen LogP contribution in [0.3, 0.4) is 0 Å². The summed E-state index contributed by atoms with van der Waals surface area (Å²) in [4.78, 5) is 16.0. The third kappa shape index (κ3) is 3.15. The predicted molar refractivity (Wildman–Crippen MR) is 101 cm³/mol. The van der Waals surface area contributed by atoms with E-state index in [1.165, 1.54) is 30.6 Å². The maximum absolute atomic E-state index is 12.7. The number of nitrogens with zero attached hydrogens (tertiary/aromatic N) is 1. The molecule has 0 unspecified atom stereocenters.